The van der Waals surface area contributed by atoms with Crippen LogP contribution in [0.4, 0.5) is 0 Å². The number of nitrogens with zero attached hydrogens (tertiary/aromatic N) is 1. The molecule has 4 nitrogen and oxygen atoms in total. The molecule has 0 bridgehead atoms. The zero-order chi connectivity index (χ0) is 14.9. The van der Waals surface area contributed by atoms with Crippen molar-refractivity contribution in [1.82, 2.24) is 10.3 Å². The van der Waals surface area contributed by atoms with E-state index in [4.69, 9.17) is 9.47 Å². The first-order chi connectivity index (χ1) is 10.3. The first-order valence-corrected chi connectivity index (χ1v) is 8.24. The standard InChI is InChI=1S/C17H28N2O2/c1-3-7-19-17(14-6-5-9-20-13-14)15-10-16(12-18-11-15)21-8-4-2/h10-12,14,17,19H,3-9,13H2,1-2H3. The van der Waals surface area contributed by atoms with Gasteiger partial charge in [-0.15, -0.1) is 0 Å². The van der Waals surface area contributed by atoms with Crippen LogP contribution in [0.5, 0.6) is 5.75 Å². The summed E-state index contributed by atoms with van der Waals surface area (Å²) in [4.78, 5) is 4.36. The minimum absolute atomic E-state index is 0.308. The largest absolute Gasteiger partial charge is 0.492 e. The Labute approximate surface area is 128 Å². The lowest BCUT2D eigenvalue weighted by Crippen LogP contribution is -2.34. The van der Waals surface area contributed by atoms with Crippen molar-refractivity contribution < 1.29 is 9.47 Å². The number of rotatable bonds is 8. The summed E-state index contributed by atoms with van der Waals surface area (Å²) in [6.45, 7) is 7.80. The van der Waals surface area contributed by atoms with Gasteiger partial charge in [0.05, 0.1) is 19.4 Å². The van der Waals surface area contributed by atoms with E-state index >= 15 is 0 Å². The number of hydrogen-bond acceptors (Lipinski definition) is 4. The Morgan fingerprint density at radius 2 is 2.29 bits per heavy atom. The molecule has 2 unspecified atom stereocenters. The number of nitrogens with one attached hydrogen (secondary N) is 1. The van der Waals surface area contributed by atoms with Gasteiger partial charge in [-0.2, -0.15) is 0 Å². The monoisotopic (exact) mass is 292 g/mol. The molecule has 1 saturated heterocycles. The van der Waals surface area contributed by atoms with E-state index in [0.717, 1.165) is 51.4 Å². The quantitative estimate of drug-likeness (QED) is 0.798. The van der Waals surface area contributed by atoms with Gasteiger partial charge in [0, 0.05) is 24.8 Å². The Kier molecular flexibility index (Phi) is 6.96. The van der Waals surface area contributed by atoms with E-state index in [0.29, 0.717) is 12.0 Å². The summed E-state index contributed by atoms with van der Waals surface area (Å²) in [5.41, 5.74) is 1.22. The molecule has 0 amide bonds. The van der Waals surface area contributed by atoms with Crippen LogP contribution in [0.15, 0.2) is 18.5 Å². The van der Waals surface area contributed by atoms with Gasteiger partial charge in [-0.1, -0.05) is 13.8 Å². The molecular formula is C17H28N2O2. The van der Waals surface area contributed by atoms with Crippen LogP contribution < -0.4 is 10.1 Å². The van der Waals surface area contributed by atoms with Crippen LogP contribution in [0.1, 0.15) is 51.1 Å². The second-order valence-electron chi connectivity index (χ2n) is 5.71. The molecule has 4 heteroatoms. The summed E-state index contributed by atoms with van der Waals surface area (Å²) in [5, 5.41) is 3.66. The van der Waals surface area contributed by atoms with Gasteiger partial charge in [-0.05, 0) is 43.9 Å². The highest BCUT2D eigenvalue weighted by atomic mass is 16.5. The molecule has 2 rings (SSSR count). The van der Waals surface area contributed by atoms with Gasteiger partial charge in [0.2, 0.25) is 0 Å². The van der Waals surface area contributed by atoms with Gasteiger partial charge < -0.3 is 14.8 Å². The van der Waals surface area contributed by atoms with Crippen molar-refractivity contribution in [1.29, 1.82) is 0 Å². The molecule has 1 N–H and O–H groups in total. The number of hydrogen-bond donors (Lipinski definition) is 1. The van der Waals surface area contributed by atoms with E-state index < -0.39 is 0 Å². The van der Waals surface area contributed by atoms with Crippen molar-refractivity contribution in [2.45, 2.75) is 45.6 Å². The van der Waals surface area contributed by atoms with Crippen molar-refractivity contribution in [3.8, 4) is 5.75 Å². The van der Waals surface area contributed by atoms with E-state index in [1.54, 1.807) is 6.20 Å². The molecule has 1 aromatic heterocycles. The molecular weight excluding hydrogens is 264 g/mol. The smallest absolute Gasteiger partial charge is 0.137 e. The predicted octanol–water partition coefficient (Wildman–Crippen LogP) is 3.34. The van der Waals surface area contributed by atoms with Gasteiger partial charge >= 0.3 is 0 Å². The highest BCUT2D eigenvalue weighted by molar-refractivity contribution is 5.26. The van der Waals surface area contributed by atoms with Crippen LogP contribution >= 0.6 is 0 Å². The molecule has 0 spiro atoms. The van der Waals surface area contributed by atoms with Crippen LogP contribution in [0.2, 0.25) is 0 Å². The third-order valence-electron chi connectivity index (χ3n) is 3.85. The third kappa shape index (κ3) is 4.97. The van der Waals surface area contributed by atoms with E-state index in [1.807, 2.05) is 6.20 Å². The van der Waals surface area contributed by atoms with Gasteiger partial charge in [0.1, 0.15) is 5.75 Å². The zero-order valence-corrected chi connectivity index (χ0v) is 13.3. The van der Waals surface area contributed by atoms with Crippen molar-refractivity contribution in [3.05, 3.63) is 24.0 Å². The molecule has 1 fully saturated rings. The Morgan fingerprint density at radius 3 is 3.00 bits per heavy atom. The minimum atomic E-state index is 0.308. The fourth-order valence-electron chi connectivity index (χ4n) is 2.79. The Balaban J connectivity index is 2.10. The van der Waals surface area contributed by atoms with Crippen LogP contribution in [0.25, 0.3) is 0 Å². The van der Waals surface area contributed by atoms with E-state index in [1.165, 1.54) is 12.0 Å². The summed E-state index contributed by atoms with van der Waals surface area (Å²) in [5.74, 6) is 1.39. The summed E-state index contributed by atoms with van der Waals surface area (Å²) in [6.07, 6.45) is 8.26. The van der Waals surface area contributed by atoms with Gasteiger partial charge in [0.15, 0.2) is 0 Å². The van der Waals surface area contributed by atoms with E-state index in [2.05, 4.69) is 30.2 Å². The molecule has 1 aromatic rings. The second-order valence-corrected chi connectivity index (χ2v) is 5.71. The molecule has 0 aliphatic carbocycles. The maximum atomic E-state index is 5.72. The molecule has 2 atom stereocenters. The molecule has 1 aliphatic rings. The number of pyridine rings is 1. The molecule has 0 radical (unpaired) electrons. The van der Waals surface area contributed by atoms with Crippen LogP contribution in [0, 0.1) is 5.92 Å². The second kappa shape index (κ2) is 9.00. The fraction of sp³-hybridized carbons (Fsp3) is 0.706. The molecule has 21 heavy (non-hydrogen) atoms. The normalized spacial score (nSPS) is 20.2. The summed E-state index contributed by atoms with van der Waals surface area (Å²) >= 11 is 0. The van der Waals surface area contributed by atoms with Crippen molar-refractivity contribution in [2.75, 3.05) is 26.4 Å². The highest BCUT2D eigenvalue weighted by Crippen LogP contribution is 2.30. The topological polar surface area (TPSA) is 43.4 Å². The van der Waals surface area contributed by atoms with Crippen LogP contribution in [-0.4, -0.2) is 31.3 Å². The molecule has 1 aliphatic heterocycles. The van der Waals surface area contributed by atoms with E-state index in [-0.39, 0.29) is 0 Å². The van der Waals surface area contributed by atoms with Crippen molar-refractivity contribution in [2.24, 2.45) is 5.92 Å². The first kappa shape index (κ1) is 16.2. The third-order valence-corrected chi connectivity index (χ3v) is 3.85. The lowest BCUT2D eigenvalue weighted by atomic mass is 9.89. The average molecular weight is 292 g/mol. The first-order valence-electron chi connectivity index (χ1n) is 8.24. The predicted molar refractivity (Wildman–Crippen MR) is 84.6 cm³/mol. The molecule has 0 saturated carbocycles. The Bertz CT molecular complexity index is 406. The molecule has 2 heterocycles. The van der Waals surface area contributed by atoms with Crippen molar-refractivity contribution >= 4 is 0 Å². The summed E-state index contributed by atoms with van der Waals surface area (Å²) in [7, 11) is 0. The Morgan fingerprint density at radius 1 is 1.38 bits per heavy atom. The molecule has 0 aromatic carbocycles. The zero-order valence-electron chi connectivity index (χ0n) is 13.3. The van der Waals surface area contributed by atoms with Gasteiger partial charge in [0.25, 0.3) is 0 Å². The summed E-state index contributed by atoms with van der Waals surface area (Å²) in [6, 6.07) is 2.44. The lowest BCUT2D eigenvalue weighted by Gasteiger charge is -2.31. The lowest BCUT2D eigenvalue weighted by molar-refractivity contribution is 0.0389. The van der Waals surface area contributed by atoms with E-state index in [9.17, 15) is 0 Å². The average Bonchev–Trinajstić information content (AvgIpc) is 2.55. The van der Waals surface area contributed by atoms with Gasteiger partial charge in [-0.25, -0.2) is 0 Å². The number of aromatic nitrogens is 1. The fourth-order valence-corrected chi connectivity index (χ4v) is 2.79. The minimum Gasteiger partial charge on any atom is -0.492 e. The molecule has 118 valence electrons. The maximum absolute atomic E-state index is 5.72. The summed E-state index contributed by atoms with van der Waals surface area (Å²) < 4.78 is 11.4. The maximum Gasteiger partial charge on any atom is 0.137 e. The van der Waals surface area contributed by atoms with Crippen LogP contribution in [-0.2, 0) is 4.74 Å². The number of ether oxygens (including phenoxy) is 2. The van der Waals surface area contributed by atoms with Crippen LogP contribution in [0.3, 0.4) is 0 Å². The SMILES string of the molecule is CCCNC(c1cncc(OCCC)c1)C1CCCOC1. The van der Waals surface area contributed by atoms with Crippen molar-refractivity contribution in [3.63, 3.8) is 0 Å². The Hall–Kier alpha value is -1.13. The van der Waals surface area contributed by atoms with Gasteiger partial charge in [-0.3, -0.25) is 4.98 Å². The highest BCUT2D eigenvalue weighted by Gasteiger charge is 2.25.